The molecule has 1 aromatic heterocycles. The van der Waals surface area contributed by atoms with Crippen LogP contribution in [0.4, 0.5) is 17.6 Å². The van der Waals surface area contributed by atoms with Gasteiger partial charge in [0.05, 0.1) is 18.0 Å². The highest BCUT2D eigenvalue weighted by molar-refractivity contribution is 6.30. The minimum Gasteiger partial charge on any atom is -0.481 e. The molecule has 0 saturated carbocycles. The molecule has 0 radical (unpaired) electrons. The fourth-order valence-electron chi connectivity index (χ4n) is 5.29. The Morgan fingerprint density at radius 3 is 2.26 bits per heavy atom. The van der Waals surface area contributed by atoms with Crippen LogP contribution in [0.5, 0.6) is 0 Å². The van der Waals surface area contributed by atoms with Crippen molar-refractivity contribution in [1.82, 2.24) is 20.1 Å². The van der Waals surface area contributed by atoms with Crippen LogP contribution in [0.25, 0.3) is 11.1 Å². The number of aromatic nitrogens is 1. The maximum atomic E-state index is 15.7. The second kappa shape index (κ2) is 15.6. The number of aliphatic carboxylic acids is 1. The number of aryl methyl sites for hydroxylation is 2. The molecule has 9 nitrogen and oxygen atoms in total. The number of alkyl halides is 3. The Hall–Kier alpha value is -4.23. The van der Waals surface area contributed by atoms with Crippen molar-refractivity contribution in [2.24, 2.45) is 0 Å². The van der Waals surface area contributed by atoms with Gasteiger partial charge in [0.25, 0.3) is 11.5 Å². The van der Waals surface area contributed by atoms with E-state index in [-0.39, 0.29) is 17.5 Å². The Bertz CT molecular complexity index is 1680. The predicted octanol–water partition coefficient (Wildman–Crippen LogP) is 5.74. The molecule has 3 N–H and O–H groups in total. The SMILES string of the molecule is CCC[C@H](NC(=O)c1cccn(CCN(C)C)c1=O)C(=O)N[C@@H](CC(=O)O)c1cc(-c2c(C)cc(Cl)cc2C)cc(C(F)(F)F)c1F. The van der Waals surface area contributed by atoms with Gasteiger partial charge in [0.15, 0.2) is 0 Å². The van der Waals surface area contributed by atoms with E-state index in [0.29, 0.717) is 47.3 Å². The summed E-state index contributed by atoms with van der Waals surface area (Å²) < 4.78 is 59.4. The minimum atomic E-state index is -5.16. The first-order valence-corrected chi connectivity index (χ1v) is 15.2. The summed E-state index contributed by atoms with van der Waals surface area (Å²) in [6.07, 6.45) is -4.24. The highest BCUT2D eigenvalue weighted by Gasteiger charge is 2.38. The summed E-state index contributed by atoms with van der Waals surface area (Å²) in [6, 6.07) is 4.47. The second-order valence-corrected chi connectivity index (χ2v) is 12.0. The molecule has 3 aromatic rings. The molecule has 0 bridgehead atoms. The summed E-state index contributed by atoms with van der Waals surface area (Å²) in [5.74, 6) is -5.10. The van der Waals surface area contributed by atoms with Gasteiger partial charge in [0.1, 0.15) is 17.4 Å². The van der Waals surface area contributed by atoms with Crippen molar-refractivity contribution in [3.05, 3.63) is 91.6 Å². The van der Waals surface area contributed by atoms with Crippen LogP contribution in [0.1, 0.15) is 64.8 Å². The Labute approximate surface area is 274 Å². The molecule has 1 heterocycles. The van der Waals surface area contributed by atoms with Crippen LogP contribution < -0.4 is 16.2 Å². The Morgan fingerprint density at radius 1 is 1.06 bits per heavy atom. The number of amides is 2. The van der Waals surface area contributed by atoms with Crippen molar-refractivity contribution in [2.45, 2.75) is 64.8 Å². The number of hydrogen-bond acceptors (Lipinski definition) is 5. The molecule has 0 spiro atoms. The van der Waals surface area contributed by atoms with Gasteiger partial charge in [0.2, 0.25) is 5.91 Å². The van der Waals surface area contributed by atoms with E-state index in [9.17, 15) is 37.5 Å². The Morgan fingerprint density at radius 2 is 1.70 bits per heavy atom. The molecule has 0 aliphatic carbocycles. The quantitative estimate of drug-likeness (QED) is 0.198. The monoisotopic (exact) mass is 680 g/mol. The zero-order valence-corrected chi connectivity index (χ0v) is 27.4. The molecule has 254 valence electrons. The van der Waals surface area contributed by atoms with Gasteiger partial charge in [0, 0.05) is 29.9 Å². The number of carboxylic acid groups (broad SMARTS) is 1. The van der Waals surface area contributed by atoms with Crippen molar-refractivity contribution in [3.63, 3.8) is 0 Å². The Kier molecular flexibility index (Phi) is 12.3. The number of carbonyl (C=O) groups is 3. The number of benzene rings is 2. The normalized spacial score (nSPS) is 12.9. The van der Waals surface area contributed by atoms with E-state index in [4.69, 9.17) is 11.6 Å². The molecule has 2 amide bonds. The second-order valence-electron chi connectivity index (χ2n) is 11.5. The van der Waals surface area contributed by atoms with Crippen molar-refractivity contribution in [1.29, 1.82) is 0 Å². The van der Waals surface area contributed by atoms with Crippen molar-refractivity contribution in [3.8, 4) is 11.1 Å². The smallest absolute Gasteiger partial charge is 0.419 e. The Balaban J connectivity index is 2.04. The summed E-state index contributed by atoms with van der Waals surface area (Å²) >= 11 is 6.10. The molecule has 2 atom stereocenters. The van der Waals surface area contributed by atoms with Crippen LogP contribution in [0.15, 0.2) is 47.4 Å². The standard InChI is InChI=1S/C33H37ClF4N4O5/c1-6-8-25(39-30(45)22-9-7-10-42(32(22)47)12-11-41(4)5)31(46)40-26(17-27(43)44)23-15-20(16-24(29(23)35)33(36,37)38)28-18(2)13-21(34)14-19(28)3/h7,9-10,13-16,25-26H,6,8,11-12,17H2,1-5H3,(H,39,45)(H,40,46)(H,43,44)/t25-,26-/m0/s1. The third kappa shape index (κ3) is 9.41. The molecule has 47 heavy (non-hydrogen) atoms. The fourth-order valence-corrected chi connectivity index (χ4v) is 5.62. The van der Waals surface area contributed by atoms with Crippen molar-refractivity contribution < 1.29 is 37.1 Å². The highest BCUT2D eigenvalue weighted by Crippen LogP contribution is 2.40. The first-order chi connectivity index (χ1) is 21.9. The van der Waals surface area contributed by atoms with E-state index in [0.717, 1.165) is 6.07 Å². The summed E-state index contributed by atoms with van der Waals surface area (Å²) in [4.78, 5) is 53.4. The molecule has 3 rings (SSSR count). The topological polar surface area (TPSA) is 121 Å². The summed E-state index contributed by atoms with van der Waals surface area (Å²) in [5.41, 5.74) is -1.93. The number of nitrogens with one attached hydrogen (secondary N) is 2. The minimum absolute atomic E-state index is 0.0263. The lowest BCUT2D eigenvalue weighted by Gasteiger charge is -2.25. The molecular weight excluding hydrogens is 644 g/mol. The van der Waals surface area contributed by atoms with Gasteiger partial charge in [-0.3, -0.25) is 19.2 Å². The largest absolute Gasteiger partial charge is 0.481 e. The lowest BCUT2D eigenvalue weighted by Crippen LogP contribution is -2.49. The summed E-state index contributed by atoms with van der Waals surface area (Å²) in [6.45, 7) is 5.74. The van der Waals surface area contributed by atoms with Gasteiger partial charge in [-0.25, -0.2) is 4.39 Å². The van der Waals surface area contributed by atoms with Crippen molar-refractivity contribution >= 4 is 29.4 Å². The first-order valence-electron chi connectivity index (χ1n) is 14.8. The number of rotatable bonds is 13. The number of carboxylic acids is 1. The van der Waals surface area contributed by atoms with Crippen LogP contribution in [0, 0.1) is 19.7 Å². The van der Waals surface area contributed by atoms with Gasteiger partial charge in [-0.05, 0) is 93.0 Å². The summed E-state index contributed by atoms with van der Waals surface area (Å²) in [5, 5.41) is 14.8. The maximum Gasteiger partial charge on any atom is 0.419 e. The zero-order valence-electron chi connectivity index (χ0n) is 26.6. The predicted molar refractivity (Wildman–Crippen MR) is 170 cm³/mol. The molecule has 0 aliphatic heterocycles. The molecule has 0 fully saturated rings. The average Bonchev–Trinajstić information content (AvgIpc) is 2.95. The maximum absolute atomic E-state index is 15.7. The lowest BCUT2D eigenvalue weighted by molar-refractivity contribution is -0.140. The van der Waals surface area contributed by atoms with E-state index >= 15 is 4.39 Å². The third-order valence-electron chi connectivity index (χ3n) is 7.52. The molecule has 14 heteroatoms. The van der Waals surface area contributed by atoms with Gasteiger partial charge in [-0.2, -0.15) is 13.2 Å². The van der Waals surface area contributed by atoms with E-state index in [1.807, 2.05) is 19.0 Å². The van der Waals surface area contributed by atoms with Gasteiger partial charge in [-0.1, -0.05) is 24.9 Å². The van der Waals surface area contributed by atoms with Crippen LogP contribution in [-0.2, 0) is 22.3 Å². The molecule has 0 saturated heterocycles. The van der Waals surface area contributed by atoms with Gasteiger partial charge >= 0.3 is 12.1 Å². The van der Waals surface area contributed by atoms with Crippen LogP contribution >= 0.6 is 11.6 Å². The van der Waals surface area contributed by atoms with Crippen molar-refractivity contribution in [2.75, 3.05) is 20.6 Å². The van der Waals surface area contributed by atoms with Gasteiger partial charge < -0.3 is 25.2 Å². The number of carbonyl (C=O) groups excluding carboxylic acids is 2. The molecular formula is C33H37ClF4N4O5. The zero-order chi connectivity index (χ0) is 35.2. The number of halogens is 5. The lowest BCUT2D eigenvalue weighted by atomic mass is 9.90. The first kappa shape index (κ1) is 37.2. The fraction of sp³-hybridized carbons (Fsp3) is 0.394. The van der Waals surface area contributed by atoms with Crippen LogP contribution in [-0.4, -0.2) is 59.0 Å². The van der Waals surface area contributed by atoms with E-state index < -0.39 is 65.0 Å². The third-order valence-corrected chi connectivity index (χ3v) is 7.73. The molecule has 2 aromatic carbocycles. The van der Waals surface area contributed by atoms with Gasteiger partial charge in [-0.15, -0.1) is 0 Å². The number of pyridine rings is 1. The van der Waals surface area contributed by atoms with E-state index in [2.05, 4.69) is 10.6 Å². The highest BCUT2D eigenvalue weighted by atomic mass is 35.5. The average molecular weight is 681 g/mol. The molecule has 0 unspecified atom stereocenters. The van der Waals surface area contributed by atoms with E-state index in [1.165, 1.54) is 35.0 Å². The number of nitrogens with zero attached hydrogens (tertiary/aromatic N) is 2. The van der Waals surface area contributed by atoms with Crippen LogP contribution in [0.3, 0.4) is 0 Å². The van der Waals surface area contributed by atoms with E-state index in [1.54, 1.807) is 20.8 Å². The number of hydrogen-bond donors (Lipinski definition) is 3. The number of likely N-dealkylation sites (N-methyl/N-ethyl adjacent to an activating group) is 1. The molecule has 0 aliphatic rings. The van der Waals surface area contributed by atoms with Crippen LogP contribution in [0.2, 0.25) is 5.02 Å². The summed E-state index contributed by atoms with van der Waals surface area (Å²) in [7, 11) is 3.64.